The topological polar surface area (TPSA) is 105 Å². The smallest absolute Gasteiger partial charge is 0.408 e. The Hall–Kier alpha value is -3.35. The molecule has 1 unspecified atom stereocenters. The highest BCUT2D eigenvalue weighted by Gasteiger charge is 2.37. The second-order valence-corrected chi connectivity index (χ2v) is 9.51. The van der Waals surface area contributed by atoms with Crippen molar-refractivity contribution in [2.45, 2.75) is 63.5 Å². The van der Waals surface area contributed by atoms with Gasteiger partial charge < -0.3 is 20.5 Å². The van der Waals surface area contributed by atoms with Gasteiger partial charge in [0.25, 0.3) is 0 Å². The van der Waals surface area contributed by atoms with E-state index in [2.05, 4.69) is 34.9 Å². The van der Waals surface area contributed by atoms with Crippen LogP contribution < -0.4 is 10.6 Å². The number of fused-ring (bicyclic) bond motifs is 3. The first-order valence-corrected chi connectivity index (χ1v) is 12.0. The molecule has 180 valence electrons. The molecule has 3 atom stereocenters. The Morgan fingerprint density at radius 2 is 1.65 bits per heavy atom. The van der Waals surface area contributed by atoms with Crippen LogP contribution in [0.3, 0.4) is 0 Å². The van der Waals surface area contributed by atoms with E-state index in [0.29, 0.717) is 19.3 Å². The van der Waals surface area contributed by atoms with Crippen LogP contribution in [-0.2, 0) is 14.3 Å². The van der Waals surface area contributed by atoms with E-state index in [-0.39, 0.29) is 24.5 Å². The summed E-state index contributed by atoms with van der Waals surface area (Å²) in [6, 6.07) is 16.0. The maximum Gasteiger partial charge on any atom is 0.408 e. The highest BCUT2D eigenvalue weighted by atomic mass is 16.5. The zero-order chi connectivity index (χ0) is 24.3. The van der Waals surface area contributed by atoms with E-state index in [1.165, 1.54) is 0 Å². The number of ether oxygens (including phenoxy) is 1. The molecule has 7 heteroatoms. The van der Waals surface area contributed by atoms with Crippen LogP contribution in [0.4, 0.5) is 4.79 Å². The van der Waals surface area contributed by atoms with Crippen molar-refractivity contribution in [1.82, 2.24) is 10.6 Å². The molecule has 0 aliphatic heterocycles. The summed E-state index contributed by atoms with van der Waals surface area (Å²) in [5, 5.41) is 15.0. The van der Waals surface area contributed by atoms with Crippen LogP contribution in [0.25, 0.3) is 11.1 Å². The molecule has 34 heavy (non-hydrogen) atoms. The van der Waals surface area contributed by atoms with Gasteiger partial charge in [-0.05, 0) is 54.9 Å². The van der Waals surface area contributed by atoms with Gasteiger partial charge >= 0.3 is 12.1 Å². The quantitative estimate of drug-likeness (QED) is 0.561. The van der Waals surface area contributed by atoms with Gasteiger partial charge in [0.1, 0.15) is 12.1 Å². The molecule has 1 fully saturated rings. The van der Waals surface area contributed by atoms with Crippen molar-refractivity contribution < 1.29 is 24.2 Å². The minimum Gasteiger partial charge on any atom is -0.481 e. The Balaban J connectivity index is 1.38. The molecule has 0 heterocycles. The van der Waals surface area contributed by atoms with Crippen LogP contribution in [0.2, 0.25) is 0 Å². The van der Waals surface area contributed by atoms with Crippen LogP contribution in [-0.4, -0.2) is 41.3 Å². The molecule has 0 spiro atoms. The molecule has 2 aliphatic carbocycles. The van der Waals surface area contributed by atoms with Crippen LogP contribution in [0.15, 0.2) is 48.5 Å². The molecule has 0 radical (unpaired) electrons. The largest absolute Gasteiger partial charge is 0.481 e. The standard InChI is InChI=1S/C27H32N2O5/c1-3-27(2,25(32)28-18-10-8-9-17(15-18)24(30)31)29-26(33)34-16-23-21-13-6-4-11-19(21)20-12-5-7-14-22(20)23/h4-7,11-14,17-18,23H,3,8-10,15-16H2,1-2H3,(H,28,32)(H,29,33)(H,30,31)/t17-,18-,27?/m1/s1. The van der Waals surface area contributed by atoms with Crippen LogP contribution >= 0.6 is 0 Å². The van der Waals surface area contributed by atoms with Gasteiger partial charge in [-0.1, -0.05) is 61.9 Å². The predicted octanol–water partition coefficient (Wildman–Crippen LogP) is 4.45. The number of nitrogens with one attached hydrogen (secondary N) is 2. The summed E-state index contributed by atoms with van der Waals surface area (Å²) in [4.78, 5) is 37.1. The van der Waals surface area contributed by atoms with Crippen LogP contribution in [0, 0.1) is 5.92 Å². The second kappa shape index (κ2) is 9.87. The van der Waals surface area contributed by atoms with Gasteiger partial charge in [0.2, 0.25) is 5.91 Å². The van der Waals surface area contributed by atoms with E-state index < -0.39 is 23.5 Å². The monoisotopic (exact) mass is 464 g/mol. The third-order valence-electron chi connectivity index (χ3n) is 7.29. The van der Waals surface area contributed by atoms with Gasteiger partial charge in [-0.25, -0.2) is 4.79 Å². The van der Waals surface area contributed by atoms with E-state index >= 15 is 0 Å². The van der Waals surface area contributed by atoms with Crippen molar-refractivity contribution in [3.8, 4) is 11.1 Å². The molecule has 1 saturated carbocycles. The maximum absolute atomic E-state index is 13.0. The second-order valence-electron chi connectivity index (χ2n) is 9.51. The molecule has 0 bridgehead atoms. The first-order valence-electron chi connectivity index (χ1n) is 12.0. The number of amides is 2. The van der Waals surface area contributed by atoms with Crippen molar-refractivity contribution >= 4 is 18.0 Å². The number of alkyl carbamates (subject to hydrolysis) is 1. The van der Waals surface area contributed by atoms with Crippen molar-refractivity contribution in [3.63, 3.8) is 0 Å². The lowest BCUT2D eigenvalue weighted by molar-refractivity contribution is -0.143. The molecule has 0 saturated heterocycles. The highest BCUT2D eigenvalue weighted by molar-refractivity contribution is 5.89. The summed E-state index contributed by atoms with van der Waals surface area (Å²) in [5.74, 6) is -1.65. The molecule has 3 N–H and O–H groups in total. The molecule has 0 aromatic heterocycles. The minimum atomic E-state index is -1.15. The molecular weight excluding hydrogens is 432 g/mol. The lowest BCUT2D eigenvalue weighted by atomic mass is 9.85. The van der Waals surface area contributed by atoms with Crippen LogP contribution in [0.1, 0.15) is 63.0 Å². The van der Waals surface area contributed by atoms with Gasteiger partial charge in [0.05, 0.1) is 5.92 Å². The van der Waals surface area contributed by atoms with Crippen molar-refractivity contribution in [2.75, 3.05) is 6.61 Å². The Morgan fingerprint density at radius 1 is 1.03 bits per heavy atom. The third-order valence-corrected chi connectivity index (χ3v) is 7.29. The van der Waals surface area contributed by atoms with Gasteiger partial charge in [-0.15, -0.1) is 0 Å². The number of carboxylic acid groups (broad SMARTS) is 1. The van der Waals surface area contributed by atoms with Gasteiger partial charge in [-0.2, -0.15) is 0 Å². The first kappa shape index (κ1) is 23.8. The fraction of sp³-hybridized carbons (Fsp3) is 0.444. The van der Waals surface area contributed by atoms with Crippen molar-refractivity contribution in [2.24, 2.45) is 5.92 Å². The fourth-order valence-electron chi connectivity index (χ4n) is 5.06. The SMILES string of the molecule is CCC(C)(NC(=O)OCC1c2ccccc2-c2ccccc21)C(=O)N[C@@H]1CCC[C@@H](C(=O)O)C1. The van der Waals surface area contributed by atoms with Crippen LogP contribution in [0.5, 0.6) is 0 Å². The average Bonchev–Trinajstić information content (AvgIpc) is 3.16. The number of hydrogen-bond acceptors (Lipinski definition) is 4. The summed E-state index contributed by atoms with van der Waals surface area (Å²) in [6.07, 6.45) is 2.26. The zero-order valence-electron chi connectivity index (χ0n) is 19.7. The molecule has 2 aromatic rings. The van der Waals surface area contributed by atoms with Gasteiger partial charge in [-0.3, -0.25) is 9.59 Å². The molecule has 7 nitrogen and oxygen atoms in total. The number of carbonyl (C=O) groups is 3. The number of carbonyl (C=O) groups excluding carboxylic acids is 2. The highest BCUT2D eigenvalue weighted by Crippen LogP contribution is 2.44. The Bertz CT molecular complexity index is 1040. The number of rotatable bonds is 7. The summed E-state index contributed by atoms with van der Waals surface area (Å²) in [6.45, 7) is 3.66. The zero-order valence-corrected chi connectivity index (χ0v) is 19.7. The summed E-state index contributed by atoms with van der Waals surface area (Å²) >= 11 is 0. The molecule has 4 rings (SSSR count). The molecule has 2 amide bonds. The maximum atomic E-state index is 13.0. The average molecular weight is 465 g/mol. The summed E-state index contributed by atoms with van der Waals surface area (Å²) in [7, 11) is 0. The summed E-state index contributed by atoms with van der Waals surface area (Å²) < 4.78 is 5.62. The fourth-order valence-corrected chi connectivity index (χ4v) is 5.06. The lowest BCUT2D eigenvalue weighted by Crippen LogP contribution is -2.58. The first-order chi connectivity index (χ1) is 16.3. The Kier molecular flexibility index (Phi) is 6.91. The van der Waals surface area contributed by atoms with Crippen molar-refractivity contribution in [1.29, 1.82) is 0 Å². The van der Waals surface area contributed by atoms with E-state index in [9.17, 15) is 19.5 Å². The minimum absolute atomic E-state index is 0.0601. The predicted molar refractivity (Wildman–Crippen MR) is 128 cm³/mol. The molecule has 2 aliphatic rings. The van der Waals surface area contributed by atoms with Crippen molar-refractivity contribution in [3.05, 3.63) is 59.7 Å². The van der Waals surface area contributed by atoms with E-state index in [0.717, 1.165) is 35.1 Å². The molecular formula is C27H32N2O5. The number of aliphatic carboxylic acids is 1. The Labute approximate surface area is 199 Å². The number of benzene rings is 2. The Morgan fingerprint density at radius 3 is 2.24 bits per heavy atom. The van der Waals surface area contributed by atoms with E-state index in [4.69, 9.17) is 4.74 Å². The van der Waals surface area contributed by atoms with Gasteiger partial charge in [0.15, 0.2) is 0 Å². The van der Waals surface area contributed by atoms with E-state index in [1.807, 2.05) is 31.2 Å². The summed E-state index contributed by atoms with van der Waals surface area (Å²) in [5.41, 5.74) is 3.39. The third kappa shape index (κ3) is 4.79. The number of hydrogen-bond donors (Lipinski definition) is 3. The number of carboxylic acids is 1. The lowest BCUT2D eigenvalue weighted by Gasteiger charge is -2.33. The van der Waals surface area contributed by atoms with E-state index in [1.54, 1.807) is 6.92 Å². The molecule has 2 aromatic carbocycles. The van der Waals surface area contributed by atoms with Gasteiger partial charge in [0, 0.05) is 12.0 Å². The normalized spacial score (nSPS) is 21.0.